The molecule has 1 aliphatic rings. The lowest BCUT2D eigenvalue weighted by atomic mass is 9.94. The molecule has 43 heavy (non-hydrogen) atoms. The van der Waals surface area contributed by atoms with Gasteiger partial charge in [0.05, 0.1) is 22.0 Å². The highest BCUT2D eigenvalue weighted by atomic mass is 35.5. The number of sulfonamides is 1. The van der Waals surface area contributed by atoms with E-state index in [1.165, 1.54) is 4.90 Å². The molecule has 4 rings (SSSR count). The molecule has 7 nitrogen and oxygen atoms in total. The molecule has 3 aromatic rings. The van der Waals surface area contributed by atoms with Gasteiger partial charge in [0.1, 0.15) is 12.6 Å². The third-order valence-corrected chi connectivity index (χ3v) is 10.0. The minimum absolute atomic E-state index is 0.0113. The van der Waals surface area contributed by atoms with Gasteiger partial charge in [-0.2, -0.15) is 0 Å². The maximum absolute atomic E-state index is 14.3. The Labute approximate surface area is 269 Å². The summed E-state index contributed by atoms with van der Waals surface area (Å²) in [4.78, 5) is 29.8. The van der Waals surface area contributed by atoms with E-state index in [9.17, 15) is 18.0 Å². The molecule has 0 bridgehead atoms. The van der Waals surface area contributed by atoms with Crippen molar-refractivity contribution in [3.05, 3.63) is 98.5 Å². The minimum Gasteiger partial charge on any atom is -0.352 e. The normalized spacial score (nSPS) is 14.6. The molecule has 0 spiro atoms. The highest BCUT2D eigenvalue weighted by molar-refractivity contribution is 7.92. The summed E-state index contributed by atoms with van der Waals surface area (Å²) in [6, 6.07) is 18.5. The first-order chi connectivity index (χ1) is 20.4. The van der Waals surface area contributed by atoms with Crippen LogP contribution in [0.4, 0.5) is 5.69 Å². The van der Waals surface area contributed by atoms with Crippen molar-refractivity contribution in [3.8, 4) is 0 Å². The lowest BCUT2D eigenvalue weighted by molar-refractivity contribution is -0.140. The van der Waals surface area contributed by atoms with Crippen LogP contribution in [0.3, 0.4) is 0 Å². The van der Waals surface area contributed by atoms with E-state index in [1.807, 2.05) is 30.3 Å². The quantitative estimate of drug-likeness (QED) is 0.244. The molecule has 0 aliphatic heterocycles. The van der Waals surface area contributed by atoms with Gasteiger partial charge in [-0.25, -0.2) is 8.42 Å². The molecule has 1 N–H and O–H groups in total. The van der Waals surface area contributed by atoms with Gasteiger partial charge >= 0.3 is 0 Å². The monoisotopic (exact) mass is 663 g/mol. The first-order valence-corrected chi connectivity index (χ1v) is 17.2. The zero-order chi connectivity index (χ0) is 31.1. The summed E-state index contributed by atoms with van der Waals surface area (Å²) in [6.07, 6.45) is 6.22. The topological polar surface area (TPSA) is 86.8 Å². The van der Waals surface area contributed by atoms with Crippen LogP contribution in [0.5, 0.6) is 0 Å². The van der Waals surface area contributed by atoms with Gasteiger partial charge in [0.2, 0.25) is 21.8 Å². The van der Waals surface area contributed by atoms with Crippen LogP contribution in [0.15, 0.2) is 66.7 Å². The van der Waals surface area contributed by atoms with Crippen molar-refractivity contribution in [1.29, 1.82) is 0 Å². The Kier molecular flexibility index (Phi) is 11.4. The Bertz CT molecular complexity index is 1550. The fraction of sp³-hybridized carbons (Fsp3) is 0.375. The first kappa shape index (κ1) is 33.1. The fourth-order valence-electron chi connectivity index (χ4n) is 5.39. The van der Waals surface area contributed by atoms with Gasteiger partial charge in [0.15, 0.2) is 0 Å². The zero-order valence-electron chi connectivity index (χ0n) is 24.2. The van der Waals surface area contributed by atoms with Crippen LogP contribution in [0.25, 0.3) is 0 Å². The molecule has 0 heterocycles. The van der Waals surface area contributed by atoms with Crippen molar-refractivity contribution < 1.29 is 18.0 Å². The molecule has 0 unspecified atom stereocenters. The van der Waals surface area contributed by atoms with Gasteiger partial charge in [0.25, 0.3) is 0 Å². The van der Waals surface area contributed by atoms with E-state index >= 15 is 0 Å². The van der Waals surface area contributed by atoms with E-state index in [0.717, 1.165) is 48.2 Å². The molecule has 2 amide bonds. The van der Waals surface area contributed by atoms with Gasteiger partial charge in [-0.1, -0.05) is 96.5 Å². The highest BCUT2D eigenvalue weighted by Crippen LogP contribution is 2.29. The van der Waals surface area contributed by atoms with E-state index < -0.39 is 28.5 Å². The fourth-order valence-corrected chi connectivity index (χ4v) is 6.78. The molecule has 11 heteroatoms. The van der Waals surface area contributed by atoms with E-state index in [-0.39, 0.29) is 24.9 Å². The van der Waals surface area contributed by atoms with Crippen LogP contribution < -0.4 is 9.62 Å². The van der Waals surface area contributed by atoms with Gasteiger partial charge in [-0.3, -0.25) is 13.9 Å². The SMILES string of the molecule is Cc1c(Cl)cccc1N(CC(=O)N(Cc1ccc(Cl)c(Cl)c1)[C@H](Cc1ccccc1)C(=O)NC1CCCCC1)S(C)(=O)=O. The predicted molar refractivity (Wildman–Crippen MR) is 174 cm³/mol. The predicted octanol–water partition coefficient (Wildman–Crippen LogP) is 6.81. The van der Waals surface area contributed by atoms with Crippen molar-refractivity contribution in [2.45, 2.75) is 64.1 Å². The Morgan fingerprint density at radius 1 is 0.884 bits per heavy atom. The number of rotatable bonds is 11. The standard InChI is InChI=1S/C32H36Cl3N3O4S/c1-22-26(33)14-9-15-29(22)38(43(2,41)42)21-31(39)37(20-24-16-17-27(34)28(35)18-24)30(19-23-10-5-3-6-11-23)32(40)36-25-12-7-4-8-13-25/h3,5-6,9-11,14-18,25,30H,4,7-8,12-13,19-21H2,1-2H3,(H,36,40)/t30-/m1/s1. The van der Waals surface area contributed by atoms with Crippen LogP contribution in [0.1, 0.15) is 48.8 Å². The average molecular weight is 665 g/mol. The van der Waals surface area contributed by atoms with Crippen LogP contribution in [-0.2, 0) is 32.6 Å². The second-order valence-corrected chi connectivity index (χ2v) is 14.1. The maximum Gasteiger partial charge on any atom is 0.244 e. The third kappa shape index (κ3) is 8.88. The van der Waals surface area contributed by atoms with E-state index in [2.05, 4.69) is 5.32 Å². The van der Waals surface area contributed by atoms with E-state index in [0.29, 0.717) is 31.9 Å². The Morgan fingerprint density at radius 3 is 2.23 bits per heavy atom. The molecular formula is C32H36Cl3N3O4S. The second kappa shape index (κ2) is 14.8. The van der Waals surface area contributed by atoms with Gasteiger partial charge in [0, 0.05) is 24.0 Å². The first-order valence-electron chi connectivity index (χ1n) is 14.2. The number of carbonyl (C=O) groups excluding carboxylic acids is 2. The lowest BCUT2D eigenvalue weighted by Gasteiger charge is -2.35. The minimum atomic E-state index is -3.91. The number of amides is 2. The summed E-state index contributed by atoms with van der Waals surface area (Å²) >= 11 is 18.8. The van der Waals surface area contributed by atoms with Crippen molar-refractivity contribution in [2.75, 3.05) is 17.1 Å². The van der Waals surface area contributed by atoms with Crippen LogP contribution in [-0.4, -0.2) is 50.0 Å². The van der Waals surface area contributed by atoms with Gasteiger partial charge in [-0.05, 0) is 60.7 Å². The number of hydrogen-bond donors (Lipinski definition) is 1. The molecule has 0 saturated heterocycles. The molecule has 3 aromatic carbocycles. The molecule has 1 saturated carbocycles. The highest BCUT2D eigenvalue weighted by Gasteiger charge is 2.34. The number of nitrogens with zero attached hydrogens (tertiary/aromatic N) is 2. The number of halogens is 3. The summed E-state index contributed by atoms with van der Waals surface area (Å²) in [5.74, 6) is -0.829. The van der Waals surface area contributed by atoms with E-state index in [1.54, 1.807) is 43.3 Å². The molecule has 0 radical (unpaired) electrons. The van der Waals surface area contributed by atoms with E-state index in [4.69, 9.17) is 34.8 Å². The smallest absolute Gasteiger partial charge is 0.244 e. The van der Waals surface area contributed by atoms with Crippen LogP contribution in [0.2, 0.25) is 15.1 Å². The largest absolute Gasteiger partial charge is 0.352 e. The zero-order valence-corrected chi connectivity index (χ0v) is 27.3. The van der Waals surface area contributed by atoms with Crippen molar-refractivity contribution >= 4 is 62.3 Å². The number of hydrogen-bond acceptors (Lipinski definition) is 4. The van der Waals surface area contributed by atoms with Gasteiger partial charge < -0.3 is 10.2 Å². The number of nitrogens with one attached hydrogen (secondary N) is 1. The lowest BCUT2D eigenvalue weighted by Crippen LogP contribution is -2.55. The average Bonchev–Trinajstić information content (AvgIpc) is 2.97. The summed E-state index contributed by atoms with van der Waals surface area (Å²) < 4.78 is 27.1. The molecule has 230 valence electrons. The Hall–Kier alpha value is -2.78. The second-order valence-electron chi connectivity index (χ2n) is 11.0. The molecule has 1 atom stereocenters. The third-order valence-electron chi connectivity index (χ3n) is 7.75. The number of benzene rings is 3. The van der Waals surface area contributed by atoms with Gasteiger partial charge in [-0.15, -0.1) is 0 Å². The molecular weight excluding hydrogens is 629 g/mol. The number of carbonyl (C=O) groups is 2. The van der Waals surface area contributed by atoms with Crippen LogP contribution in [0, 0.1) is 6.92 Å². The summed E-state index contributed by atoms with van der Waals surface area (Å²) in [7, 11) is -3.91. The Morgan fingerprint density at radius 2 is 1.58 bits per heavy atom. The number of anilines is 1. The van der Waals surface area contributed by atoms with Crippen LogP contribution >= 0.6 is 34.8 Å². The summed E-state index contributed by atoms with van der Waals surface area (Å²) in [6.45, 7) is 1.18. The van der Waals surface area contributed by atoms with Crippen molar-refractivity contribution in [1.82, 2.24) is 10.2 Å². The molecule has 1 fully saturated rings. The Balaban J connectivity index is 1.76. The van der Waals surface area contributed by atoms with Crippen molar-refractivity contribution in [2.24, 2.45) is 0 Å². The molecule has 0 aromatic heterocycles. The summed E-state index contributed by atoms with van der Waals surface area (Å²) in [5, 5.41) is 4.23. The molecule has 1 aliphatic carbocycles. The summed E-state index contributed by atoms with van der Waals surface area (Å²) in [5.41, 5.74) is 2.33. The van der Waals surface area contributed by atoms with Crippen molar-refractivity contribution in [3.63, 3.8) is 0 Å². The maximum atomic E-state index is 14.3.